The Morgan fingerprint density at radius 2 is 2.32 bits per heavy atom. The van der Waals surface area contributed by atoms with Crippen molar-refractivity contribution in [2.75, 3.05) is 17.3 Å². The van der Waals surface area contributed by atoms with Crippen LogP contribution >= 0.6 is 24.2 Å². The summed E-state index contributed by atoms with van der Waals surface area (Å²) in [5, 5.41) is 7.16. The van der Waals surface area contributed by atoms with Crippen LogP contribution < -0.4 is 11.1 Å². The molecule has 0 saturated heterocycles. The molecule has 0 radical (unpaired) electrons. The van der Waals surface area contributed by atoms with Gasteiger partial charge in [-0.05, 0) is 24.9 Å². The molecule has 110 valence electrons. The second kappa shape index (κ2) is 9.23. The van der Waals surface area contributed by atoms with Crippen molar-refractivity contribution < 1.29 is 4.79 Å². The number of anilines is 1. The number of amides is 1. The summed E-state index contributed by atoms with van der Waals surface area (Å²) in [7, 11) is 1.82. The number of thioether (sulfide) groups is 1. The molecule has 1 heterocycles. The van der Waals surface area contributed by atoms with Crippen LogP contribution in [-0.4, -0.2) is 33.7 Å². The minimum absolute atomic E-state index is 0. The molecule has 0 aliphatic rings. The molecule has 19 heavy (non-hydrogen) atoms. The molecule has 1 rings (SSSR count). The highest BCUT2D eigenvalue weighted by Gasteiger charge is 2.15. The Kier molecular flexibility index (Phi) is 8.88. The van der Waals surface area contributed by atoms with Gasteiger partial charge in [-0.15, -0.1) is 12.4 Å². The molecular formula is C12H23ClN4OS. The first-order valence-electron chi connectivity index (χ1n) is 6.16. The van der Waals surface area contributed by atoms with E-state index in [0.717, 1.165) is 24.3 Å². The van der Waals surface area contributed by atoms with Gasteiger partial charge < -0.3 is 11.1 Å². The van der Waals surface area contributed by atoms with Gasteiger partial charge in [-0.3, -0.25) is 9.48 Å². The molecule has 5 nitrogen and oxygen atoms in total. The van der Waals surface area contributed by atoms with E-state index in [0.29, 0.717) is 12.2 Å². The first kappa shape index (κ1) is 18.3. The third-order valence-electron chi connectivity index (χ3n) is 2.66. The van der Waals surface area contributed by atoms with Gasteiger partial charge in [-0.25, -0.2) is 0 Å². The Morgan fingerprint density at radius 3 is 2.89 bits per heavy atom. The van der Waals surface area contributed by atoms with Crippen LogP contribution in [0.3, 0.4) is 0 Å². The molecule has 0 aliphatic heterocycles. The van der Waals surface area contributed by atoms with Gasteiger partial charge in [0, 0.05) is 13.1 Å². The lowest BCUT2D eigenvalue weighted by Crippen LogP contribution is -2.36. The third-order valence-corrected chi connectivity index (χ3v) is 3.30. The van der Waals surface area contributed by atoms with Crippen LogP contribution in [0, 0.1) is 0 Å². The lowest BCUT2D eigenvalue weighted by molar-refractivity contribution is -0.117. The summed E-state index contributed by atoms with van der Waals surface area (Å²) >= 11 is 1.69. The summed E-state index contributed by atoms with van der Waals surface area (Å²) in [6.07, 6.45) is 4.65. The number of aryl methyl sites for hydroxylation is 2. The zero-order valence-corrected chi connectivity index (χ0v) is 13.3. The molecule has 1 amide bonds. The number of aromatic nitrogens is 2. The standard InChI is InChI=1S/C12H22N4OS.ClH/c1-4-5-9-8-11(16(2)15-9)14-12(17)10(13)6-7-18-3;/h8,10H,4-7,13H2,1-3H3,(H,14,17);1H. The minimum Gasteiger partial charge on any atom is -0.320 e. The van der Waals surface area contributed by atoms with E-state index in [1.165, 1.54) is 0 Å². The third kappa shape index (κ3) is 5.84. The molecule has 0 saturated carbocycles. The van der Waals surface area contributed by atoms with E-state index in [2.05, 4.69) is 17.3 Å². The van der Waals surface area contributed by atoms with Gasteiger partial charge in [0.25, 0.3) is 0 Å². The lowest BCUT2D eigenvalue weighted by atomic mass is 10.2. The fourth-order valence-corrected chi connectivity index (χ4v) is 2.11. The van der Waals surface area contributed by atoms with Crippen molar-refractivity contribution in [3.05, 3.63) is 11.8 Å². The maximum Gasteiger partial charge on any atom is 0.242 e. The molecule has 3 N–H and O–H groups in total. The molecule has 0 aromatic carbocycles. The number of hydrogen-bond acceptors (Lipinski definition) is 4. The molecule has 0 spiro atoms. The molecule has 1 unspecified atom stereocenters. The molecule has 7 heteroatoms. The van der Waals surface area contributed by atoms with Crippen LogP contribution in [0.4, 0.5) is 5.82 Å². The average molecular weight is 307 g/mol. The van der Waals surface area contributed by atoms with Crippen LogP contribution in [-0.2, 0) is 18.3 Å². The number of nitrogens with zero attached hydrogens (tertiary/aromatic N) is 2. The van der Waals surface area contributed by atoms with Crippen LogP contribution in [0.25, 0.3) is 0 Å². The van der Waals surface area contributed by atoms with Gasteiger partial charge in [0.05, 0.1) is 11.7 Å². The summed E-state index contributed by atoms with van der Waals surface area (Å²) < 4.78 is 1.68. The summed E-state index contributed by atoms with van der Waals surface area (Å²) in [6, 6.07) is 1.45. The Balaban J connectivity index is 0.00000324. The number of carbonyl (C=O) groups excluding carboxylic acids is 1. The maximum atomic E-state index is 11.9. The molecule has 1 atom stereocenters. The van der Waals surface area contributed by atoms with Gasteiger partial charge in [0.15, 0.2) is 0 Å². The second-order valence-corrected chi connectivity index (χ2v) is 5.26. The van der Waals surface area contributed by atoms with Gasteiger partial charge in [-0.1, -0.05) is 13.3 Å². The first-order valence-corrected chi connectivity index (χ1v) is 7.56. The lowest BCUT2D eigenvalue weighted by Gasteiger charge is -2.11. The molecular weight excluding hydrogens is 284 g/mol. The topological polar surface area (TPSA) is 72.9 Å². The number of hydrogen-bond donors (Lipinski definition) is 2. The van der Waals surface area contributed by atoms with Crippen molar-refractivity contribution in [3.63, 3.8) is 0 Å². The Hall–Kier alpha value is -0.720. The number of carbonyl (C=O) groups is 1. The van der Waals surface area contributed by atoms with Crippen LogP contribution in [0.5, 0.6) is 0 Å². The fraction of sp³-hybridized carbons (Fsp3) is 0.667. The van der Waals surface area contributed by atoms with Crippen molar-refractivity contribution >= 4 is 35.9 Å². The van der Waals surface area contributed by atoms with E-state index >= 15 is 0 Å². The van der Waals surface area contributed by atoms with Crippen LogP contribution in [0.1, 0.15) is 25.5 Å². The van der Waals surface area contributed by atoms with E-state index in [1.54, 1.807) is 16.4 Å². The number of rotatable bonds is 7. The number of nitrogens with one attached hydrogen (secondary N) is 1. The van der Waals surface area contributed by atoms with Crippen molar-refractivity contribution in [2.45, 2.75) is 32.2 Å². The molecule has 0 bridgehead atoms. The molecule has 0 fully saturated rings. The summed E-state index contributed by atoms with van der Waals surface area (Å²) in [5.74, 6) is 1.46. The molecule has 1 aromatic heterocycles. The normalized spacial score (nSPS) is 11.8. The Bertz CT molecular complexity index is 397. The molecule has 1 aromatic rings. The van der Waals surface area contributed by atoms with Crippen molar-refractivity contribution in [1.82, 2.24) is 9.78 Å². The highest BCUT2D eigenvalue weighted by molar-refractivity contribution is 7.98. The summed E-state index contributed by atoms with van der Waals surface area (Å²) in [6.45, 7) is 2.10. The van der Waals surface area contributed by atoms with E-state index < -0.39 is 6.04 Å². The zero-order valence-electron chi connectivity index (χ0n) is 11.7. The van der Waals surface area contributed by atoms with E-state index in [1.807, 2.05) is 19.4 Å². The highest BCUT2D eigenvalue weighted by Crippen LogP contribution is 2.11. The van der Waals surface area contributed by atoms with E-state index in [9.17, 15) is 4.79 Å². The average Bonchev–Trinajstić information content (AvgIpc) is 2.67. The predicted octanol–water partition coefficient (Wildman–Crippen LogP) is 1.81. The number of halogens is 1. The quantitative estimate of drug-likeness (QED) is 0.806. The van der Waals surface area contributed by atoms with Gasteiger partial charge in [0.2, 0.25) is 5.91 Å². The minimum atomic E-state index is -0.457. The van der Waals surface area contributed by atoms with Gasteiger partial charge >= 0.3 is 0 Å². The Morgan fingerprint density at radius 1 is 1.63 bits per heavy atom. The smallest absolute Gasteiger partial charge is 0.242 e. The highest BCUT2D eigenvalue weighted by atomic mass is 35.5. The SMILES string of the molecule is CCCc1cc(NC(=O)C(N)CCSC)n(C)n1.Cl. The van der Waals surface area contributed by atoms with E-state index in [-0.39, 0.29) is 18.3 Å². The fourth-order valence-electron chi connectivity index (χ4n) is 1.62. The van der Waals surface area contributed by atoms with Gasteiger partial charge in [-0.2, -0.15) is 16.9 Å². The number of nitrogens with two attached hydrogens (primary N) is 1. The van der Waals surface area contributed by atoms with Crippen LogP contribution in [0.2, 0.25) is 0 Å². The first-order chi connectivity index (χ1) is 8.58. The van der Waals surface area contributed by atoms with Gasteiger partial charge in [0.1, 0.15) is 5.82 Å². The van der Waals surface area contributed by atoms with Crippen molar-refractivity contribution in [3.8, 4) is 0 Å². The maximum absolute atomic E-state index is 11.9. The molecule has 0 aliphatic carbocycles. The summed E-state index contributed by atoms with van der Waals surface area (Å²) in [5.41, 5.74) is 6.81. The predicted molar refractivity (Wildman–Crippen MR) is 84.1 cm³/mol. The van der Waals surface area contributed by atoms with Crippen molar-refractivity contribution in [2.24, 2.45) is 12.8 Å². The Labute approximate surface area is 125 Å². The summed E-state index contributed by atoms with van der Waals surface area (Å²) in [4.78, 5) is 11.9. The largest absolute Gasteiger partial charge is 0.320 e. The van der Waals surface area contributed by atoms with Crippen LogP contribution in [0.15, 0.2) is 6.07 Å². The van der Waals surface area contributed by atoms with Crippen molar-refractivity contribution in [1.29, 1.82) is 0 Å². The second-order valence-electron chi connectivity index (χ2n) is 4.27. The van der Waals surface area contributed by atoms with E-state index in [4.69, 9.17) is 5.73 Å². The monoisotopic (exact) mass is 306 g/mol. The zero-order chi connectivity index (χ0) is 13.5.